The van der Waals surface area contributed by atoms with Crippen LogP contribution in [0, 0.1) is 6.92 Å². The van der Waals surface area contributed by atoms with E-state index in [0.29, 0.717) is 41.2 Å². The third-order valence-corrected chi connectivity index (χ3v) is 4.95. The molecular weight excluding hydrogens is 386 g/mol. The van der Waals surface area contributed by atoms with Crippen LogP contribution in [0.2, 0.25) is 5.02 Å². The van der Waals surface area contributed by atoms with E-state index in [-0.39, 0.29) is 17.0 Å². The minimum Gasteiger partial charge on any atom is -0.493 e. The van der Waals surface area contributed by atoms with Crippen LogP contribution in [0.3, 0.4) is 0 Å². The van der Waals surface area contributed by atoms with Gasteiger partial charge in [-0.3, -0.25) is 4.79 Å². The van der Waals surface area contributed by atoms with Crippen LogP contribution in [0.25, 0.3) is 11.1 Å². The SMILES string of the molecule is CON1CCn2c(O)c(-c3c(Cl)cc(C)cc3Br)c(=O)n2CC1. The number of nitrogens with zero attached hydrogens (tertiary/aromatic N) is 3. The smallest absolute Gasteiger partial charge is 0.278 e. The fourth-order valence-corrected chi connectivity index (χ4v) is 4.15. The lowest BCUT2D eigenvalue weighted by Crippen LogP contribution is -2.27. The topological polar surface area (TPSA) is 59.6 Å². The predicted octanol–water partition coefficient (Wildman–Crippen LogP) is 2.62. The Morgan fingerprint density at radius 1 is 1.17 bits per heavy atom. The van der Waals surface area contributed by atoms with E-state index in [2.05, 4.69) is 15.9 Å². The first kappa shape index (κ1) is 16.6. The minimum atomic E-state index is -0.257. The summed E-state index contributed by atoms with van der Waals surface area (Å²) in [6.07, 6.45) is 0. The summed E-state index contributed by atoms with van der Waals surface area (Å²) >= 11 is 9.78. The summed E-state index contributed by atoms with van der Waals surface area (Å²) in [5.74, 6) is -0.0700. The Morgan fingerprint density at radius 3 is 2.43 bits per heavy atom. The Morgan fingerprint density at radius 2 is 1.83 bits per heavy atom. The highest BCUT2D eigenvalue weighted by atomic mass is 79.9. The Labute approximate surface area is 146 Å². The average molecular weight is 403 g/mol. The summed E-state index contributed by atoms with van der Waals surface area (Å²) in [4.78, 5) is 18.0. The quantitative estimate of drug-likeness (QED) is 0.839. The number of hydrogen-bond donors (Lipinski definition) is 1. The highest BCUT2D eigenvalue weighted by Crippen LogP contribution is 2.38. The van der Waals surface area contributed by atoms with Crippen LogP contribution in [-0.4, -0.2) is 39.7 Å². The zero-order valence-corrected chi connectivity index (χ0v) is 15.2. The third kappa shape index (κ3) is 2.82. The number of hydrogen-bond acceptors (Lipinski definition) is 4. The molecule has 8 heteroatoms. The van der Waals surface area contributed by atoms with Crippen molar-refractivity contribution in [3.8, 4) is 17.0 Å². The van der Waals surface area contributed by atoms with Crippen LogP contribution in [0.15, 0.2) is 21.4 Å². The molecule has 0 saturated carbocycles. The lowest BCUT2D eigenvalue weighted by atomic mass is 10.1. The highest BCUT2D eigenvalue weighted by Gasteiger charge is 2.26. The third-order valence-electron chi connectivity index (χ3n) is 4.02. The molecule has 0 atom stereocenters. The summed E-state index contributed by atoms with van der Waals surface area (Å²) in [5.41, 5.74) is 1.47. The molecule has 0 aliphatic carbocycles. The summed E-state index contributed by atoms with van der Waals surface area (Å²) < 4.78 is 3.81. The number of aryl methyl sites for hydroxylation is 1. The molecule has 0 spiro atoms. The van der Waals surface area contributed by atoms with Gasteiger partial charge in [0, 0.05) is 23.1 Å². The zero-order valence-electron chi connectivity index (χ0n) is 12.8. The molecule has 1 aliphatic heterocycles. The first-order valence-corrected chi connectivity index (χ1v) is 8.38. The molecule has 3 rings (SSSR count). The lowest BCUT2D eigenvalue weighted by Gasteiger charge is -2.15. The monoisotopic (exact) mass is 401 g/mol. The normalized spacial score (nSPS) is 15.5. The van der Waals surface area contributed by atoms with Crippen molar-refractivity contribution in [2.45, 2.75) is 20.0 Å². The number of halogens is 2. The number of aromatic hydroxyl groups is 1. The van der Waals surface area contributed by atoms with Crippen molar-refractivity contribution in [2.75, 3.05) is 20.2 Å². The maximum atomic E-state index is 12.8. The van der Waals surface area contributed by atoms with Crippen molar-refractivity contribution in [3.63, 3.8) is 0 Å². The van der Waals surface area contributed by atoms with E-state index in [0.717, 1.165) is 5.56 Å². The van der Waals surface area contributed by atoms with Gasteiger partial charge in [0.25, 0.3) is 5.56 Å². The molecule has 23 heavy (non-hydrogen) atoms. The van der Waals surface area contributed by atoms with Crippen molar-refractivity contribution in [3.05, 3.63) is 37.5 Å². The van der Waals surface area contributed by atoms with Crippen LogP contribution in [0.4, 0.5) is 0 Å². The van der Waals surface area contributed by atoms with Gasteiger partial charge in [0.1, 0.15) is 5.56 Å². The van der Waals surface area contributed by atoms with Gasteiger partial charge in [-0.05, 0) is 24.6 Å². The molecule has 0 saturated heterocycles. The van der Waals surface area contributed by atoms with E-state index in [1.807, 2.05) is 13.0 Å². The van der Waals surface area contributed by atoms with E-state index >= 15 is 0 Å². The van der Waals surface area contributed by atoms with Gasteiger partial charge < -0.3 is 9.94 Å². The molecule has 6 nitrogen and oxygen atoms in total. The van der Waals surface area contributed by atoms with Crippen LogP contribution in [0.5, 0.6) is 5.88 Å². The lowest BCUT2D eigenvalue weighted by molar-refractivity contribution is -0.130. The van der Waals surface area contributed by atoms with Crippen molar-refractivity contribution in [1.82, 2.24) is 14.4 Å². The molecule has 2 aromatic rings. The van der Waals surface area contributed by atoms with Gasteiger partial charge in [0.2, 0.25) is 5.88 Å². The summed E-state index contributed by atoms with van der Waals surface area (Å²) in [6.45, 7) is 3.96. The maximum absolute atomic E-state index is 12.8. The molecule has 1 N–H and O–H groups in total. The van der Waals surface area contributed by atoms with Crippen LogP contribution >= 0.6 is 27.5 Å². The fraction of sp³-hybridized carbons (Fsp3) is 0.400. The number of rotatable bonds is 2. The molecule has 2 heterocycles. The molecule has 124 valence electrons. The van der Waals surface area contributed by atoms with E-state index < -0.39 is 0 Å². The van der Waals surface area contributed by atoms with Crippen molar-refractivity contribution >= 4 is 27.5 Å². The van der Waals surface area contributed by atoms with Gasteiger partial charge in [-0.2, -0.15) is 5.06 Å². The van der Waals surface area contributed by atoms with E-state index in [1.54, 1.807) is 22.9 Å². The van der Waals surface area contributed by atoms with E-state index in [9.17, 15) is 9.90 Å². The minimum absolute atomic E-state index is 0.0700. The van der Waals surface area contributed by atoms with Crippen LogP contribution in [-0.2, 0) is 17.9 Å². The van der Waals surface area contributed by atoms with Crippen molar-refractivity contribution in [1.29, 1.82) is 0 Å². The molecule has 0 bridgehead atoms. The second-order valence-electron chi connectivity index (χ2n) is 5.47. The molecule has 0 radical (unpaired) electrons. The van der Waals surface area contributed by atoms with Crippen molar-refractivity contribution in [2.24, 2.45) is 0 Å². The van der Waals surface area contributed by atoms with Gasteiger partial charge in [0.05, 0.1) is 25.2 Å². The van der Waals surface area contributed by atoms with Crippen molar-refractivity contribution < 1.29 is 9.94 Å². The number of fused-ring (bicyclic) bond motifs is 1. The van der Waals surface area contributed by atoms with Gasteiger partial charge in [0.15, 0.2) is 0 Å². The molecular formula is C15H17BrClN3O3. The average Bonchev–Trinajstić information content (AvgIpc) is 2.67. The van der Waals surface area contributed by atoms with Crippen LogP contribution in [0.1, 0.15) is 5.56 Å². The van der Waals surface area contributed by atoms with E-state index in [4.69, 9.17) is 16.4 Å². The number of hydroxylamine groups is 2. The Bertz CT molecular complexity index is 792. The Kier molecular flexibility index (Phi) is 4.55. The molecule has 1 aromatic heterocycles. The van der Waals surface area contributed by atoms with E-state index in [1.165, 1.54) is 4.68 Å². The Hall–Kier alpha value is -1.28. The fourth-order valence-electron chi connectivity index (χ4n) is 2.89. The predicted molar refractivity (Wildman–Crippen MR) is 91.8 cm³/mol. The maximum Gasteiger partial charge on any atom is 0.278 e. The largest absolute Gasteiger partial charge is 0.493 e. The molecule has 0 unspecified atom stereocenters. The number of aromatic nitrogens is 2. The van der Waals surface area contributed by atoms with Gasteiger partial charge in [-0.1, -0.05) is 27.5 Å². The molecule has 1 aromatic carbocycles. The Balaban J connectivity index is 2.17. The first-order valence-electron chi connectivity index (χ1n) is 7.21. The van der Waals surface area contributed by atoms with Gasteiger partial charge in [-0.15, -0.1) is 0 Å². The van der Waals surface area contributed by atoms with Gasteiger partial charge in [-0.25, -0.2) is 9.36 Å². The zero-order chi connectivity index (χ0) is 16.7. The van der Waals surface area contributed by atoms with Gasteiger partial charge >= 0.3 is 0 Å². The second-order valence-corrected chi connectivity index (χ2v) is 6.73. The standard InChI is InChI=1S/C15H17BrClN3O3/c1-9-7-10(16)12(11(17)8-9)13-14(21)19-5-3-18(23-2)4-6-20(19)15(13)22/h7-8,21H,3-6H2,1-2H3. The summed E-state index contributed by atoms with van der Waals surface area (Å²) in [6, 6.07) is 3.65. The molecule has 0 amide bonds. The molecule has 1 aliphatic rings. The number of benzene rings is 1. The summed E-state index contributed by atoms with van der Waals surface area (Å²) in [7, 11) is 1.60. The first-order chi connectivity index (χ1) is 10.9. The highest BCUT2D eigenvalue weighted by molar-refractivity contribution is 9.10. The second kappa shape index (κ2) is 6.32. The summed E-state index contributed by atoms with van der Waals surface area (Å²) in [5, 5.41) is 12.8. The molecule has 0 fully saturated rings. The van der Waals surface area contributed by atoms with Crippen LogP contribution < -0.4 is 5.56 Å².